The van der Waals surface area contributed by atoms with Gasteiger partial charge in [-0.05, 0) is 61.7 Å². The van der Waals surface area contributed by atoms with Crippen molar-refractivity contribution >= 4 is 17.7 Å². The van der Waals surface area contributed by atoms with Crippen LogP contribution in [-0.2, 0) is 6.42 Å². The summed E-state index contributed by atoms with van der Waals surface area (Å²) in [5, 5.41) is 9.99. The van der Waals surface area contributed by atoms with E-state index in [1.807, 2.05) is 12.1 Å². The number of carbonyl (C=O) groups is 1. The summed E-state index contributed by atoms with van der Waals surface area (Å²) in [7, 11) is 0. The van der Waals surface area contributed by atoms with Gasteiger partial charge in [-0.15, -0.1) is 0 Å². The van der Waals surface area contributed by atoms with Gasteiger partial charge in [-0.1, -0.05) is 25.5 Å². The van der Waals surface area contributed by atoms with Gasteiger partial charge in [0.1, 0.15) is 0 Å². The molecule has 138 valence electrons. The van der Waals surface area contributed by atoms with Crippen LogP contribution in [0.15, 0.2) is 57.9 Å². The molecule has 0 aliphatic rings. The Kier molecular flexibility index (Phi) is 5.81. The summed E-state index contributed by atoms with van der Waals surface area (Å²) in [6, 6.07) is 14.9. The van der Waals surface area contributed by atoms with Gasteiger partial charge in [-0.25, -0.2) is 4.98 Å². The summed E-state index contributed by atoms with van der Waals surface area (Å²) in [5.74, 6) is 0.0807. The van der Waals surface area contributed by atoms with Gasteiger partial charge in [0.15, 0.2) is 11.5 Å². The highest BCUT2D eigenvalue weighted by molar-refractivity contribution is 5.94. The summed E-state index contributed by atoms with van der Waals surface area (Å²) in [6.07, 6.45) is 4.82. The van der Waals surface area contributed by atoms with E-state index in [-0.39, 0.29) is 17.4 Å². The van der Waals surface area contributed by atoms with E-state index in [0.29, 0.717) is 17.1 Å². The van der Waals surface area contributed by atoms with Crippen LogP contribution in [0.25, 0.3) is 11.5 Å². The normalized spacial score (nSPS) is 11.2. The molecule has 0 bridgehead atoms. The second-order valence-electron chi connectivity index (χ2n) is 6.37. The second-order valence-corrected chi connectivity index (χ2v) is 6.37. The van der Waals surface area contributed by atoms with E-state index >= 15 is 0 Å². The van der Waals surface area contributed by atoms with Crippen LogP contribution in [0.5, 0.6) is 5.95 Å². The summed E-state index contributed by atoms with van der Waals surface area (Å²) >= 11 is 0. The summed E-state index contributed by atoms with van der Waals surface area (Å²) < 4.78 is 5.37. The van der Waals surface area contributed by atoms with Gasteiger partial charge in [0.05, 0.1) is 11.9 Å². The van der Waals surface area contributed by atoms with Crippen molar-refractivity contribution in [1.82, 2.24) is 4.98 Å². The number of aromatic nitrogens is 1. The van der Waals surface area contributed by atoms with E-state index in [2.05, 4.69) is 29.0 Å². The van der Waals surface area contributed by atoms with Crippen molar-refractivity contribution in [2.24, 2.45) is 4.99 Å². The molecule has 3 rings (SSSR count). The quantitative estimate of drug-likeness (QED) is 0.454. The first-order valence-corrected chi connectivity index (χ1v) is 9.01. The molecule has 0 unspecified atom stereocenters. The fourth-order valence-corrected chi connectivity index (χ4v) is 2.64. The van der Waals surface area contributed by atoms with E-state index < -0.39 is 0 Å². The number of Topliss-reactive ketones (excluding diaryl/α,β-unsaturated/α-hetero) is 1. The van der Waals surface area contributed by atoms with Crippen molar-refractivity contribution in [3.05, 3.63) is 65.4 Å². The summed E-state index contributed by atoms with van der Waals surface area (Å²) in [5.41, 5.74) is 3.62. The Labute approximate surface area is 158 Å². The highest BCUT2D eigenvalue weighted by atomic mass is 16.5. The van der Waals surface area contributed by atoms with Crippen LogP contribution < -0.4 is 0 Å². The largest absolute Gasteiger partial charge is 0.479 e. The van der Waals surface area contributed by atoms with Crippen molar-refractivity contribution in [2.45, 2.75) is 33.1 Å². The zero-order valence-corrected chi connectivity index (χ0v) is 15.5. The Morgan fingerprint density at radius 3 is 2.48 bits per heavy atom. The molecule has 1 N–H and O–H groups in total. The van der Waals surface area contributed by atoms with E-state index in [1.165, 1.54) is 18.7 Å². The molecule has 5 heteroatoms. The molecule has 0 fully saturated rings. The maximum atomic E-state index is 11.3. The van der Waals surface area contributed by atoms with Gasteiger partial charge in [0.2, 0.25) is 5.89 Å². The first-order chi connectivity index (χ1) is 13.1. The first-order valence-electron chi connectivity index (χ1n) is 9.01. The average molecular weight is 362 g/mol. The van der Waals surface area contributed by atoms with E-state index in [1.54, 1.807) is 24.3 Å². The number of carbonyl (C=O) groups excluding carboxylic acids is 1. The lowest BCUT2D eigenvalue weighted by atomic mass is 10.1. The number of hydrogen-bond donors (Lipinski definition) is 1. The number of oxazole rings is 1. The van der Waals surface area contributed by atoms with E-state index in [0.717, 1.165) is 24.8 Å². The molecule has 0 aliphatic carbocycles. The molecule has 0 atom stereocenters. The molecule has 0 saturated carbocycles. The van der Waals surface area contributed by atoms with Gasteiger partial charge in [0, 0.05) is 11.1 Å². The number of nitrogens with zero attached hydrogens (tertiary/aromatic N) is 2. The highest BCUT2D eigenvalue weighted by Gasteiger charge is 2.12. The molecule has 0 radical (unpaired) electrons. The van der Waals surface area contributed by atoms with Gasteiger partial charge < -0.3 is 9.52 Å². The lowest BCUT2D eigenvalue weighted by molar-refractivity contribution is 0.101. The van der Waals surface area contributed by atoms with Crippen LogP contribution in [0.1, 0.15) is 48.3 Å². The lowest BCUT2D eigenvalue weighted by Gasteiger charge is -2.00. The third kappa shape index (κ3) is 4.70. The zero-order valence-electron chi connectivity index (χ0n) is 15.5. The maximum absolute atomic E-state index is 11.3. The maximum Gasteiger partial charge on any atom is 0.312 e. The zero-order chi connectivity index (χ0) is 19.2. The number of unbranched alkanes of at least 4 members (excludes halogenated alkanes) is 1. The molecule has 0 amide bonds. The number of rotatable bonds is 7. The predicted molar refractivity (Wildman–Crippen MR) is 106 cm³/mol. The number of aliphatic imine (C=N–C) groups is 1. The van der Waals surface area contributed by atoms with Crippen LogP contribution in [0.3, 0.4) is 0 Å². The van der Waals surface area contributed by atoms with Crippen LogP contribution >= 0.6 is 0 Å². The monoisotopic (exact) mass is 362 g/mol. The Morgan fingerprint density at radius 2 is 1.85 bits per heavy atom. The molecule has 27 heavy (non-hydrogen) atoms. The van der Waals surface area contributed by atoms with Gasteiger partial charge in [0.25, 0.3) is 0 Å². The lowest BCUT2D eigenvalue weighted by Crippen LogP contribution is -1.89. The van der Waals surface area contributed by atoms with Crippen LogP contribution in [0, 0.1) is 0 Å². The van der Waals surface area contributed by atoms with Crippen LogP contribution in [-0.4, -0.2) is 22.1 Å². The molecule has 2 aromatic carbocycles. The Bertz CT molecular complexity index is 939. The minimum atomic E-state index is -0.274. The van der Waals surface area contributed by atoms with Gasteiger partial charge >= 0.3 is 5.95 Å². The van der Waals surface area contributed by atoms with Gasteiger partial charge in [-0.3, -0.25) is 9.79 Å². The third-order valence-corrected chi connectivity index (χ3v) is 4.26. The van der Waals surface area contributed by atoms with Crippen molar-refractivity contribution in [1.29, 1.82) is 0 Å². The second kappa shape index (κ2) is 8.45. The smallest absolute Gasteiger partial charge is 0.312 e. The number of aromatic hydroxyl groups is 1. The molecule has 1 heterocycles. The van der Waals surface area contributed by atoms with Crippen LogP contribution in [0.2, 0.25) is 0 Å². The predicted octanol–water partition coefficient (Wildman–Crippen LogP) is 5.34. The topological polar surface area (TPSA) is 75.7 Å². The molecule has 1 aromatic heterocycles. The van der Waals surface area contributed by atoms with Gasteiger partial charge in [-0.2, -0.15) is 0 Å². The molecule has 0 spiro atoms. The van der Waals surface area contributed by atoms with Crippen molar-refractivity contribution in [3.63, 3.8) is 0 Å². The first kappa shape index (κ1) is 18.6. The molecule has 3 aromatic rings. The standard InChI is InChI=1S/C22H22N2O3/c1-3-4-5-16-6-8-18(9-7-16)21-24-20(22(26)27-21)14-23-19-12-10-17(11-13-19)15(2)25/h6-14,26H,3-5H2,1-2H3. The number of aryl methyl sites for hydroxylation is 1. The highest BCUT2D eigenvalue weighted by Crippen LogP contribution is 2.26. The Morgan fingerprint density at radius 1 is 1.15 bits per heavy atom. The minimum Gasteiger partial charge on any atom is -0.479 e. The average Bonchev–Trinajstić information content (AvgIpc) is 3.06. The SMILES string of the molecule is CCCCc1ccc(-c2nc(C=Nc3ccc(C(C)=O)cc3)c(O)o2)cc1. The summed E-state index contributed by atoms with van der Waals surface area (Å²) in [4.78, 5) is 19.9. The van der Waals surface area contributed by atoms with Crippen molar-refractivity contribution in [3.8, 4) is 17.4 Å². The summed E-state index contributed by atoms with van der Waals surface area (Å²) in [6.45, 7) is 3.69. The molecular formula is C22H22N2O3. The fraction of sp³-hybridized carbons (Fsp3) is 0.227. The van der Waals surface area contributed by atoms with Crippen LogP contribution in [0.4, 0.5) is 5.69 Å². The van der Waals surface area contributed by atoms with Crippen molar-refractivity contribution < 1.29 is 14.3 Å². The number of benzene rings is 2. The van der Waals surface area contributed by atoms with Crippen molar-refractivity contribution in [2.75, 3.05) is 0 Å². The molecule has 0 aliphatic heterocycles. The van der Waals surface area contributed by atoms with E-state index in [9.17, 15) is 9.90 Å². The Hall–Kier alpha value is -3.21. The number of ketones is 1. The third-order valence-electron chi connectivity index (χ3n) is 4.26. The molecular weight excluding hydrogens is 340 g/mol. The minimum absolute atomic E-state index is 0.00466. The van der Waals surface area contributed by atoms with E-state index in [4.69, 9.17) is 4.42 Å². The Balaban J connectivity index is 1.75. The molecule has 0 saturated heterocycles. The fourth-order valence-electron chi connectivity index (χ4n) is 2.64. The molecule has 5 nitrogen and oxygen atoms in total. The number of hydrogen-bond acceptors (Lipinski definition) is 5.